The second-order valence-electron chi connectivity index (χ2n) is 4.29. The van der Waals surface area contributed by atoms with Crippen LogP contribution in [0, 0.1) is 0 Å². The van der Waals surface area contributed by atoms with Crippen molar-refractivity contribution in [3.05, 3.63) is 29.8 Å². The van der Waals surface area contributed by atoms with Gasteiger partial charge in [0.05, 0.1) is 6.61 Å². The number of amides is 1. The third-order valence-corrected chi connectivity index (χ3v) is 2.50. The molecule has 1 amide bonds. The SMILES string of the molecule is COCC(N)C(=O)NCc1ccccc1OCC(F)(F)F.Cl. The van der Waals surface area contributed by atoms with E-state index in [4.69, 9.17) is 15.2 Å². The third kappa shape index (κ3) is 7.48. The molecule has 0 aliphatic rings. The van der Waals surface area contributed by atoms with E-state index in [1.165, 1.54) is 13.2 Å². The van der Waals surface area contributed by atoms with Gasteiger partial charge in [-0.25, -0.2) is 0 Å². The summed E-state index contributed by atoms with van der Waals surface area (Å²) in [6.45, 7) is -1.32. The molecule has 0 spiro atoms. The number of carbonyl (C=O) groups excluding carboxylic acids is 1. The van der Waals surface area contributed by atoms with E-state index in [9.17, 15) is 18.0 Å². The van der Waals surface area contributed by atoms with Crippen molar-refractivity contribution in [3.63, 3.8) is 0 Å². The van der Waals surface area contributed by atoms with Gasteiger partial charge in [-0.15, -0.1) is 12.4 Å². The Morgan fingerprint density at radius 3 is 2.59 bits per heavy atom. The zero-order valence-corrected chi connectivity index (χ0v) is 12.7. The molecule has 0 aliphatic heterocycles. The maximum absolute atomic E-state index is 12.2. The third-order valence-electron chi connectivity index (χ3n) is 2.50. The lowest BCUT2D eigenvalue weighted by Crippen LogP contribution is -2.43. The summed E-state index contributed by atoms with van der Waals surface area (Å²) in [7, 11) is 1.41. The Kier molecular flexibility index (Phi) is 8.84. The Hall–Kier alpha value is -1.51. The van der Waals surface area contributed by atoms with E-state index in [2.05, 4.69) is 5.32 Å². The van der Waals surface area contributed by atoms with Crippen LogP contribution in [0.15, 0.2) is 24.3 Å². The number of halogens is 4. The number of nitrogens with two attached hydrogens (primary N) is 1. The van der Waals surface area contributed by atoms with Crippen LogP contribution in [0.25, 0.3) is 0 Å². The molecule has 5 nitrogen and oxygen atoms in total. The Morgan fingerprint density at radius 2 is 2.00 bits per heavy atom. The first-order valence-corrected chi connectivity index (χ1v) is 6.13. The van der Waals surface area contributed by atoms with Gasteiger partial charge in [0.2, 0.25) is 5.91 Å². The zero-order chi connectivity index (χ0) is 15.9. The number of hydrogen-bond donors (Lipinski definition) is 2. The van der Waals surface area contributed by atoms with Crippen LogP contribution in [0.5, 0.6) is 5.75 Å². The number of alkyl halides is 3. The van der Waals surface area contributed by atoms with E-state index in [1.54, 1.807) is 18.2 Å². The number of carbonyl (C=O) groups is 1. The number of ether oxygens (including phenoxy) is 2. The van der Waals surface area contributed by atoms with Crippen molar-refractivity contribution < 1.29 is 27.4 Å². The van der Waals surface area contributed by atoms with Crippen molar-refractivity contribution >= 4 is 18.3 Å². The fraction of sp³-hybridized carbons (Fsp3) is 0.462. The number of methoxy groups -OCH3 is 1. The molecule has 3 N–H and O–H groups in total. The molecule has 0 heterocycles. The van der Waals surface area contributed by atoms with Crippen molar-refractivity contribution in [2.75, 3.05) is 20.3 Å². The molecule has 0 radical (unpaired) electrons. The molecule has 1 aromatic carbocycles. The van der Waals surface area contributed by atoms with E-state index in [-0.39, 0.29) is 31.3 Å². The number of benzene rings is 1. The van der Waals surface area contributed by atoms with Crippen LogP contribution in [0.1, 0.15) is 5.56 Å². The van der Waals surface area contributed by atoms with E-state index in [0.717, 1.165) is 0 Å². The van der Waals surface area contributed by atoms with E-state index < -0.39 is 24.7 Å². The molecular weight excluding hydrogens is 325 g/mol. The Balaban J connectivity index is 0.00000441. The highest BCUT2D eigenvalue weighted by Crippen LogP contribution is 2.22. The number of nitrogens with one attached hydrogen (secondary N) is 1. The second-order valence-corrected chi connectivity index (χ2v) is 4.29. The van der Waals surface area contributed by atoms with E-state index in [0.29, 0.717) is 5.56 Å². The summed E-state index contributed by atoms with van der Waals surface area (Å²) in [5.41, 5.74) is 5.96. The minimum absolute atomic E-state index is 0. The van der Waals surface area contributed by atoms with E-state index >= 15 is 0 Å². The van der Waals surface area contributed by atoms with Crippen molar-refractivity contribution in [2.45, 2.75) is 18.8 Å². The van der Waals surface area contributed by atoms with Crippen molar-refractivity contribution in [3.8, 4) is 5.75 Å². The van der Waals surface area contributed by atoms with Gasteiger partial charge in [-0.3, -0.25) is 4.79 Å². The molecule has 1 atom stereocenters. The van der Waals surface area contributed by atoms with Gasteiger partial charge in [0.15, 0.2) is 6.61 Å². The van der Waals surface area contributed by atoms with Crippen molar-refractivity contribution in [1.82, 2.24) is 5.32 Å². The highest BCUT2D eigenvalue weighted by atomic mass is 35.5. The lowest BCUT2D eigenvalue weighted by molar-refractivity contribution is -0.153. The first-order chi connectivity index (χ1) is 9.83. The van der Waals surface area contributed by atoms with Gasteiger partial charge in [-0.05, 0) is 6.07 Å². The van der Waals surface area contributed by atoms with E-state index in [1.807, 2.05) is 0 Å². The lowest BCUT2D eigenvalue weighted by atomic mass is 10.2. The quantitative estimate of drug-likeness (QED) is 0.790. The average molecular weight is 343 g/mol. The molecular formula is C13H18ClF3N2O3. The molecule has 0 saturated heterocycles. The van der Waals surface area contributed by atoms with Gasteiger partial charge in [0.25, 0.3) is 0 Å². The Morgan fingerprint density at radius 1 is 1.36 bits per heavy atom. The predicted molar refractivity (Wildman–Crippen MR) is 76.9 cm³/mol. The summed E-state index contributed by atoms with van der Waals surface area (Å²) in [6, 6.07) is 5.32. The molecule has 0 bridgehead atoms. The minimum Gasteiger partial charge on any atom is -0.484 e. The summed E-state index contributed by atoms with van der Waals surface area (Å²) in [4.78, 5) is 11.6. The summed E-state index contributed by atoms with van der Waals surface area (Å²) in [6.07, 6.45) is -4.42. The summed E-state index contributed by atoms with van der Waals surface area (Å²) in [5.74, 6) is -0.391. The molecule has 1 unspecified atom stereocenters. The first-order valence-electron chi connectivity index (χ1n) is 6.13. The van der Waals surface area contributed by atoms with Gasteiger partial charge in [-0.2, -0.15) is 13.2 Å². The van der Waals surface area contributed by atoms with Crippen LogP contribution in [0.4, 0.5) is 13.2 Å². The van der Waals surface area contributed by atoms with Crippen LogP contribution in [-0.4, -0.2) is 38.4 Å². The standard InChI is InChI=1S/C13H17F3N2O3.ClH/c1-20-7-10(17)12(19)18-6-9-4-2-3-5-11(9)21-8-13(14,15)16;/h2-5,10H,6-8,17H2,1H3,(H,18,19);1H. The summed E-state index contributed by atoms with van der Waals surface area (Å²) < 4.78 is 45.9. The van der Waals surface area contributed by atoms with Crippen LogP contribution < -0.4 is 15.8 Å². The van der Waals surface area contributed by atoms with Gasteiger partial charge >= 0.3 is 6.18 Å². The average Bonchev–Trinajstić information content (AvgIpc) is 2.42. The predicted octanol–water partition coefficient (Wildman–Crippen LogP) is 1.64. The number of hydrogen-bond acceptors (Lipinski definition) is 4. The maximum atomic E-state index is 12.2. The van der Waals surface area contributed by atoms with Crippen molar-refractivity contribution in [1.29, 1.82) is 0 Å². The molecule has 1 rings (SSSR count). The lowest BCUT2D eigenvalue weighted by Gasteiger charge is -2.15. The maximum Gasteiger partial charge on any atom is 0.422 e. The zero-order valence-electron chi connectivity index (χ0n) is 11.9. The molecule has 0 aromatic heterocycles. The molecule has 0 fully saturated rings. The van der Waals surface area contributed by atoms with Crippen LogP contribution in [-0.2, 0) is 16.1 Å². The van der Waals surface area contributed by atoms with Crippen molar-refractivity contribution in [2.24, 2.45) is 5.73 Å². The van der Waals surface area contributed by atoms with Gasteiger partial charge in [0.1, 0.15) is 11.8 Å². The number of rotatable bonds is 7. The molecule has 0 saturated carbocycles. The van der Waals surface area contributed by atoms with Gasteiger partial charge < -0.3 is 20.5 Å². The Labute approximate surface area is 132 Å². The van der Waals surface area contributed by atoms with Crippen LogP contribution in [0.2, 0.25) is 0 Å². The molecule has 22 heavy (non-hydrogen) atoms. The normalized spacial score (nSPS) is 12.2. The summed E-state index contributed by atoms with van der Waals surface area (Å²) >= 11 is 0. The highest BCUT2D eigenvalue weighted by Gasteiger charge is 2.28. The van der Waals surface area contributed by atoms with Crippen LogP contribution in [0.3, 0.4) is 0 Å². The van der Waals surface area contributed by atoms with Gasteiger partial charge in [-0.1, -0.05) is 18.2 Å². The Bertz CT molecular complexity index is 472. The number of para-hydroxylation sites is 1. The first kappa shape index (κ1) is 20.5. The monoisotopic (exact) mass is 342 g/mol. The van der Waals surface area contributed by atoms with Crippen LogP contribution >= 0.6 is 12.4 Å². The molecule has 9 heteroatoms. The summed E-state index contributed by atoms with van der Waals surface area (Å²) in [5, 5.41) is 2.52. The smallest absolute Gasteiger partial charge is 0.422 e. The molecule has 126 valence electrons. The largest absolute Gasteiger partial charge is 0.484 e. The fourth-order valence-corrected chi connectivity index (χ4v) is 1.52. The highest BCUT2D eigenvalue weighted by molar-refractivity contribution is 5.85. The topological polar surface area (TPSA) is 73.6 Å². The second kappa shape index (κ2) is 9.50. The fourth-order valence-electron chi connectivity index (χ4n) is 1.52. The minimum atomic E-state index is -4.42. The molecule has 1 aromatic rings. The molecule has 0 aliphatic carbocycles. The van der Waals surface area contributed by atoms with Gasteiger partial charge in [0, 0.05) is 19.2 Å².